The van der Waals surface area contributed by atoms with Crippen molar-refractivity contribution in [3.63, 3.8) is 0 Å². The Balaban J connectivity index is 1.23. The second-order valence-corrected chi connectivity index (χ2v) is 12.5. The molecule has 1 aliphatic carbocycles. The second kappa shape index (κ2) is 8.90. The van der Waals surface area contributed by atoms with Crippen molar-refractivity contribution in [1.29, 1.82) is 0 Å². The normalized spacial score (nSPS) is 13.5. The van der Waals surface area contributed by atoms with Crippen molar-refractivity contribution in [2.75, 3.05) is 0 Å². The number of hydrogen-bond acceptors (Lipinski definition) is 0. The van der Waals surface area contributed by atoms with Gasteiger partial charge in [-0.1, -0.05) is 141 Å². The van der Waals surface area contributed by atoms with Gasteiger partial charge in [0.05, 0.1) is 0 Å². The van der Waals surface area contributed by atoms with Crippen LogP contribution in [0.25, 0.3) is 76.5 Å². The van der Waals surface area contributed by atoms with Crippen LogP contribution in [0.5, 0.6) is 0 Å². The molecule has 0 aliphatic heterocycles. The first-order valence-electron chi connectivity index (χ1n) is 15.2. The highest BCUT2D eigenvalue weighted by Crippen LogP contribution is 2.49. The highest BCUT2D eigenvalue weighted by atomic mass is 14.4. The van der Waals surface area contributed by atoms with Gasteiger partial charge in [-0.15, -0.1) is 0 Å². The first-order valence-corrected chi connectivity index (χ1v) is 15.2. The Morgan fingerprint density at radius 2 is 0.953 bits per heavy atom. The van der Waals surface area contributed by atoms with Gasteiger partial charge < -0.3 is 0 Å². The fourth-order valence-electron chi connectivity index (χ4n) is 7.67. The van der Waals surface area contributed by atoms with Gasteiger partial charge in [0.15, 0.2) is 0 Å². The van der Waals surface area contributed by atoms with Gasteiger partial charge in [-0.05, 0) is 106 Å². The third-order valence-corrected chi connectivity index (χ3v) is 9.84. The van der Waals surface area contributed by atoms with Gasteiger partial charge in [0.1, 0.15) is 0 Å². The molecule has 8 aromatic carbocycles. The summed E-state index contributed by atoms with van der Waals surface area (Å²) in [5.41, 5.74) is 10.7. The van der Waals surface area contributed by atoms with Gasteiger partial charge in [0, 0.05) is 5.41 Å². The maximum atomic E-state index is 2.42. The molecule has 0 unspecified atom stereocenters. The molecule has 202 valence electrons. The predicted octanol–water partition coefficient (Wildman–Crippen LogP) is 11.9. The van der Waals surface area contributed by atoms with Crippen molar-refractivity contribution in [2.24, 2.45) is 0 Å². The largest absolute Gasteiger partial charge is 0.0619 e. The second-order valence-electron chi connectivity index (χ2n) is 12.5. The van der Waals surface area contributed by atoms with Crippen LogP contribution in [0, 0.1) is 0 Å². The van der Waals surface area contributed by atoms with Crippen molar-refractivity contribution in [3.8, 4) is 33.4 Å². The summed E-state index contributed by atoms with van der Waals surface area (Å²) in [6, 6.07) is 54.2. The maximum absolute atomic E-state index is 2.42. The van der Waals surface area contributed by atoms with E-state index in [9.17, 15) is 0 Å². The molecule has 0 N–H and O–H groups in total. The fraction of sp³-hybridized carbons (Fsp3) is 0.0698. The van der Waals surface area contributed by atoms with Gasteiger partial charge in [-0.3, -0.25) is 0 Å². The Hall–Kier alpha value is -5.20. The van der Waals surface area contributed by atoms with Crippen LogP contribution in [0.2, 0.25) is 0 Å². The minimum atomic E-state index is -0.00668. The summed E-state index contributed by atoms with van der Waals surface area (Å²) in [5, 5.41) is 10.3. The minimum Gasteiger partial charge on any atom is -0.0619 e. The summed E-state index contributed by atoms with van der Waals surface area (Å²) in [6.07, 6.45) is 0. The number of rotatable bonds is 2. The van der Waals surface area contributed by atoms with Crippen molar-refractivity contribution >= 4 is 43.1 Å². The SMILES string of the molecule is CC1(C)c2ccccc2-c2ccc(-c3ccc4c(-c5cc6ccccc6c6c5ccc5ccccc56)cccc4c3)cc21. The number of fused-ring (bicyclic) bond motifs is 9. The summed E-state index contributed by atoms with van der Waals surface area (Å²) in [5.74, 6) is 0. The lowest BCUT2D eigenvalue weighted by atomic mass is 9.81. The van der Waals surface area contributed by atoms with Crippen LogP contribution in [0.3, 0.4) is 0 Å². The molecule has 0 heterocycles. The highest BCUT2D eigenvalue weighted by Gasteiger charge is 2.35. The van der Waals surface area contributed by atoms with Crippen molar-refractivity contribution in [3.05, 3.63) is 157 Å². The van der Waals surface area contributed by atoms with E-state index in [-0.39, 0.29) is 5.41 Å². The van der Waals surface area contributed by atoms with E-state index in [1.807, 2.05) is 0 Å². The van der Waals surface area contributed by atoms with E-state index in [0.717, 1.165) is 0 Å². The smallest absolute Gasteiger partial charge is 0.0159 e. The molecule has 9 rings (SSSR count). The van der Waals surface area contributed by atoms with Gasteiger partial charge in [0.25, 0.3) is 0 Å². The van der Waals surface area contributed by atoms with Gasteiger partial charge in [-0.2, -0.15) is 0 Å². The molecule has 0 heteroatoms. The Morgan fingerprint density at radius 1 is 0.349 bits per heavy atom. The first-order chi connectivity index (χ1) is 21.1. The van der Waals surface area contributed by atoms with E-state index < -0.39 is 0 Å². The van der Waals surface area contributed by atoms with Crippen LogP contribution in [0.4, 0.5) is 0 Å². The Morgan fingerprint density at radius 3 is 1.84 bits per heavy atom. The minimum absolute atomic E-state index is 0.00668. The van der Waals surface area contributed by atoms with E-state index in [0.29, 0.717) is 0 Å². The standard InChI is InChI=1S/C43H30/c1-43(2)40-17-8-7-15-36(40)37-22-20-29(26-41(37)43)28-19-21-32-30(24-28)12-9-16-35(32)39-25-31-11-4-6-14-34(31)42-33-13-5-3-10-27(33)18-23-38(39)42/h3-26H,1-2H3. The van der Waals surface area contributed by atoms with Crippen LogP contribution >= 0.6 is 0 Å². The lowest BCUT2D eigenvalue weighted by Crippen LogP contribution is -2.14. The molecular weight excluding hydrogens is 516 g/mol. The quantitative estimate of drug-likeness (QED) is 0.189. The predicted molar refractivity (Wildman–Crippen MR) is 185 cm³/mol. The molecule has 43 heavy (non-hydrogen) atoms. The summed E-state index contributed by atoms with van der Waals surface area (Å²) in [6.45, 7) is 4.70. The Labute approximate surface area is 251 Å². The molecule has 0 spiro atoms. The Bertz CT molecular complexity index is 2410. The van der Waals surface area contributed by atoms with E-state index in [1.165, 1.54) is 87.6 Å². The molecule has 0 saturated heterocycles. The van der Waals surface area contributed by atoms with E-state index >= 15 is 0 Å². The molecule has 0 aromatic heterocycles. The average molecular weight is 547 g/mol. The fourth-order valence-corrected chi connectivity index (χ4v) is 7.67. The van der Waals surface area contributed by atoms with Crippen molar-refractivity contribution in [1.82, 2.24) is 0 Å². The number of benzene rings is 8. The van der Waals surface area contributed by atoms with Crippen LogP contribution in [-0.4, -0.2) is 0 Å². The lowest BCUT2D eigenvalue weighted by Gasteiger charge is -2.22. The van der Waals surface area contributed by atoms with Crippen LogP contribution in [0.1, 0.15) is 25.0 Å². The highest BCUT2D eigenvalue weighted by molar-refractivity contribution is 6.25. The van der Waals surface area contributed by atoms with Gasteiger partial charge in [-0.25, -0.2) is 0 Å². The third kappa shape index (κ3) is 3.50. The first kappa shape index (κ1) is 24.4. The summed E-state index contributed by atoms with van der Waals surface area (Å²) in [7, 11) is 0. The topological polar surface area (TPSA) is 0 Å². The molecule has 0 nitrogen and oxygen atoms in total. The maximum Gasteiger partial charge on any atom is 0.0159 e. The van der Waals surface area contributed by atoms with Crippen molar-refractivity contribution < 1.29 is 0 Å². The van der Waals surface area contributed by atoms with Crippen LogP contribution in [-0.2, 0) is 5.41 Å². The summed E-state index contributed by atoms with van der Waals surface area (Å²) < 4.78 is 0. The zero-order valence-electron chi connectivity index (χ0n) is 24.4. The molecule has 0 radical (unpaired) electrons. The van der Waals surface area contributed by atoms with Crippen molar-refractivity contribution in [2.45, 2.75) is 19.3 Å². The molecule has 0 saturated carbocycles. The molecule has 0 bridgehead atoms. The van der Waals surface area contributed by atoms with Gasteiger partial charge in [0.2, 0.25) is 0 Å². The van der Waals surface area contributed by atoms with Crippen LogP contribution < -0.4 is 0 Å². The van der Waals surface area contributed by atoms with Gasteiger partial charge >= 0.3 is 0 Å². The van der Waals surface area contributed by atoms with E-state index in [2.05, 4.69) is 159 Å². The molecule has 1 aliphatic rings. The summed E-state index contributed by atoms with van der Waals surface area (Å²) in [4.78, 5) is 0. The molecule has 0 amide bonds. The zero-order valence-corrected chi connectivity index (χ0v) is 24.4. The Kier molecular flexibility index (Phi) is 5.05. The average Bonchev–Trinajstić information content (AvgIpc) is 3.29. The monoisotopic (exact) mass is 546 g/mol. The third-order valence-electron chi connectivity index (χ3n) is 9.84. The zero-order chi connectivity index (χ0) is 28.7. The summed E-state index contributed by atoms with van der Waals surface area (Å²) >= 11 is 0. The van der Waals surface area contributed by atoms with E-state index in [1.54, 1.807) is 0 Å². The lowest BCUT2D eigenvalue weighted by molar-refractivity contribution is 0.660. The van der Waals surface area contributed by atoms with Crippen LogP contribution in [0.15, 0.2) is 146 Å². The molecular formula is C43H30. The molecule has 0 atom stereocenters. The number of hydrogen-bond donors (Lipinski definition) is 0. The molecule has 0 fully saturated rings. The van der Waals surface area contributed by atoms with E-state index in [4.69, 9.17) is 0 Å². The molecule has 8 aromatic rings.